The number of nitrogens with two attached hydrogens (primary N) is 1. The SMILES string of the molecule is NC1CCCN(CCc2ncon2)C1. The molecule has 2 rings (SSSR count). The highest BCUT2D eigenvalue weighted by molar-refractivity contribution is 4.82. The molecule has 2 heterocycles. The smallest absolute Gasteiger partial charge is 0.213 e. The van der Waals surface area contributed by atoms with E-state index in [-0.39, 0.29) is 0 Å². The minimum absolute atomic E-state index is 0.342. The van der Waals surface area contributed by atoms with E-state index in [0.29, 0.717) is 6.04 Å². The van der Waals surface area contributed by atoms with E-state index in [9.17, 15) is 0 Å². The van der Waals surface area contributed by atoms with Crippen LogP contribution in [0, 0.1) is 0 Å². The van der Waals surface area contributed by atoms with Crippen molar-refractivity contribution in [2.75, 3.05) is 19.6 Å². The third kappa shape index (κ3) is 2.52. The minimum Gasteiger partial charge on any atom is -0.343 e. The summed E-state index contributed by atoms with van der Waals surface area (Å²) in [6, 6.07) is 0.342. The molecule has 0 aliphatic carbocycles. The Morgan fingerprint density at radius 1 is 1.64 bits per heavy atom. The molecule has 1 aromatic heterocycles. The van der Waals surface area contributed by atoms with E-state index in [0.717, 1.165) is 38.3 Å². The number of piperidine rings is 1. The zero-order chi connectivity index (χ0) is 9.80. The van der Waals surface area contributed by atoms with Crippen molar-refractivity contribution in [3.05, 3.63) is 12.2 Å². The van der Waals surface area contributed by atoms with Crippen LogP contribution < -0.4 is 5.73 Å². The fourth-order valence-corrected chi connectivity index (χ4v) is 1.86. The molecule has 0 spiro atoms. The lowest BCUT2D eigenvalue weighted by atomic mass is 10.1. The van der Waals surface area contributed by atoms with Gasteiger partial charge in [0.25, 0.3) is 0 Å². The zero-order valence-electron chi connectivity index (χ0n) is 8.22. The number of hydrogen-bond acceptors (Lipinski definition) is 5. The van der Waals surface area contributed by atoms with Gasteiger partial charge in [-0.15, -0.1) is 0 Å². The molecule has 1 aromatic rings. The lowest BCUT2D eigenvalue weighted by Gasteiger charge is -2.30. The molecule has 0 saturated carbocycles. The van der Waals surface area contributed by atoms with E-state index < -0.39 is 0 Å². The molecule has 5 heteroatoms. The van der Waals surface area contributed by atoms with Gasteiger partial charge >= 0.3 is 0 Å². The number of hydrogen-bond donors (Lipinski definition) is 1. The van der Waals surface area contributed by atoms with E-state index in [4.69, 9.17) is 5.73 Å². The number of rotatable bonds is 3. The van der Waals surface area contributed by atoms with Crippen LogP contribution in [0.15, 0.2) is 10.9 Å². The summed E-state index contributed by atoms with van der Waals surface area (Å²) in [5.41, 5.74) is 5.88. The maximum Gasteiger partial charge on any atom is 0.213 e. The molecule has 0 aromatic carbocycles. The van der Waals surface area contributed by atoms with Crippen LogP contribution in [0.25, 0.3) is 0 Å². The van der Waals surface area contributed by atoms with Gasteiger partial charge in [-0.2, -0.15) is 4.98 Å². The van der Waals surface area contributed by atoms with Crippen LogP contribution in [0.1, 0.15) is 18.7 Å². The van der Waals surface area contributed by atoms with Crippen molar-refractivity contribution >= 4 is 0 Å². The third-order valence-corrected chi connectivity index (χ3v) is 2.60. The number of likely N-dealkylation sites (tertiary alicyclic amines) is 1. The van der Waals surface area contributed by atoms with E-state index in [2.05, 4.69) is 19.6 Å². The molecule has 0 amide bonds. The third-order valence-electron chi connectivity index (χ3n) is 2.60. The monoisotopic (exact) mass is 196 g/mol. The first-order valence-corrected chi connectivity index (χ1v) is 5.08. The molecule has 0 radical (unpaired) electrons. The number of aromatic nitrogens is 2. The highest BCUT2D eigenvalue weighted by atomic mass is 16.5. The van der Waals surface area contributed by atoms with Gasteiger partial charge in [-0.25, -0.2) is 0 Å². The Labute approximate surface area is 83.3 Å². The van der Waals surface area contributed by atoms with Gasteiger partial charge in [0.05, 0.1) is 0 Å². The second kappa shape index (κ2) is 4.52. The van der Waals surface area contributed by atoms with Crippen LogP contribution in [0.3, 0.4) is 0 Å². The summed E-state index contributed by atoms with van der Waals surface area (Å²) in [5.74, 6) is 0.782. The van der Waals surface area contributed by atoms with E-state index in [1.807, 2.05) is 0 Å². The summed E-state index contributed by atoms with van der Waals surface area (Å²) >= 11 is 0. The van der Waals surface area contributed by atoms with Gasteiger partial charge in [0.2, 0.25) is 6.39 Å². The Kier molecular flexibility index (Phi) is 3.10. The van der Waals surface area contributed by atoms with Crippen molar-refractivity contribution < 1.29 is 4.52 Å². The molecule has 2 N–H and O–H groups in total. The van der Waals surface area contributed by atoms with E-state index in [1.165, 1.54) is 12.8 Å². The molecule has 1 aliphatic rings. The van der Waals surface area contributed by atoms with Gasteiger partial charge in [0, 0.05) is 25.6 Å². The summed E-state index contributed by atoms with van der Waals surface area (Å²) in [6.07, 6.45) is 4.58. The topological polar surface area (TPSA) is 68.2 Å². The quantitative estimate of drug-likeness (QED) is 0.739. The predicted octanol–water partition coefficient (Wildman–Crippen LogP) is 0.0352. The van der Waals surface area contributed by atoms with Crippen molar-refractivity contribution in [1.82, 2.24) is 15.0 Å². The molecule has 78 valence electrons. The maximum atomic E-state index is 5.88. The largest absolute Gasteiger partial charge is 0.343 e. The normalized spacial score (nSPS) is 23.9. The number of nitrogens with zero attached hydrogens (tertiary/aromatic N) is 3. The van der Waals surface area contributed by atoms with Crippen molar-refractivity contribution in [1.29, 1.82) is 0 Å². The fraction of sp³-hybridized carbons (Fsp3) is 0.778. The second-order valence-electron chi connectivity index (χ2n) is 3.80. The highest BCUT2D eigenvalue weighted by Gasteiger charge is 2.16. The van der Waals surface area contributed by atoms with E-state index >= 15 is 0 Å². The highest BCUT2D eigenvalue weighted by Crippen LogP contribution is 2.08. The summed E-state index contributed by atoms with van der Waals surface area (Å²) in [6.45, 7) is 3.12. The minimum atomic E-state index is 0.342. The molecule has 5 nitrogen and oxygen atoms in total. The average molecular weight is 196 g/mol. The lowest BCUT2D eigenvalue weighted by molar-refractivity contribution is 0.210. The Bertz CT molecular complexity index is 262. The lowest BCUT2D eigenvalue weighted by Crippen LogP contribution is -2.43. The van der Waals surface area contributed by atoms with Crippen molar-refractivity contribution in [3.8, 4) is 0 Å². The Morgan fingerprint density at radius 3 is 3.29 bits per heavy atom. The molecule has 1 saturated heterocycles. The molecule has 1 fully saturated rings. The first-order chi connectivity index (χ1) is 6.84. The summed E-state index contributed by atoms with van der Waals surface area (Å²) in [7, 11) is 0. The average Bonchev–Trinajstić information content (AvgIpc) is 2.67. The van der Waals surface area contributed by atoms with Gasteiger partial charge < -0.3 is 15.2 Å². The van der Waals surface area contributed by atoms with Crippen molar-refractivity contribution in [3.63, 3.8) is 0 Å². The predicted molar refractivity (Wildman–Crippen MR) is 51.7 cm³/mol. The van der Waals surface area contributed by atoms with Crippen molar-refractivity contribution in [2.45, 2.75) is 25.3 Å². The first-order valence-electron chi connectivity index (χ1n) is 5.08. The van der Waals surface area contributed by atoms with Crippen LogP contribution in [0.2, 0.25) is 0 Å². The molecular weight excluding hydrogens is 180 g/mol. The molecule has 1 unspecified atom stereocenters. The van der Waals surface area contributed by atoms with E-state index in [1.54, 1.807) is 0 Å². The molecule has 1 aliphatic heterocycles. The summed E-state index contributed by atoms with van der Waals surface area (Å²) in [5, 5.41) is 3.78. The summed E-state index contributed by atoms with van der Waals surface area (Å²) in [4.78, 5) is 6.35. The van der Waals surface area contributed by atoms with Crippen molar-refractivity contribution in [2.24, 2.45) is 5.73 Å². The standard InChI is InChI=1S/C9H16N4O/c10-8-2-1-4-13(6-8)5-3-9-11-7-14-12-9/h7-8H,1-6,10H2. The molecule has 0 bridgehead atoms. The summed E-state index contributed by atoms with van der Waals surface area (Å²) < 4.78 is 4.67. The molecular formula is C9H16N4O. The Balaban J connectivity index is 1.75. The van der Waals surface area contributed by atoms with Crippen LogP contribution in [-0.2, 0) is 6.42 Å². The second-order valence-corrected chi connectivity index (χ2v) is 3.80. The van der Waals surface area contributed by atoms with Crippen LogP contribution in [0.4, 0.5) is 0 Å². The zero-order valence-corrected chi connectivity index (χ0v) is 8.22. The van der Waals surface area contributed by atoms with Crippen LogP contribution in [-0.4, -0.2) is 40.7 Å². The van der Waals surface area contributed by atoms with Gasteiger partial charge in [0.1, 0.15) is 0 Å². The van der Waals surface area contributed by atoms with Gasteiger partial charge in [-0.1, -0.05) is 5.16 Å². The Hall–Kier alpha value is -0.940. The van der Waals surface area contributed by atoms with Gasteiger partial charge in [-0.3, -0.25) is 0 Å². The Morgan fingerprint density at radius 2 is 2.57 bits per heavy atom. The maximum absolute atomic E-state index is 5.88. The van der Waals surface area contributed by atoms with Gasteiger partial charge in [-0.05, 0) is 19.4 Å². The van der Waals surface area contributed by atoms with Crippen LogP contribution in [0.5, 0.6) is 0 Å². The first kappa shape index (κ1) is 9.61. The molecule has 14 heavy (non-hydrogen) atoms. The van der Waals surface area contributed by atoms with Crippen LogP contribution >= 0.6 is 0 Å². The molecule has 1 atom stereocenters. The van der Waals surface area contributed by atoms with Gasteiger partial charge in [0.15, 0.2) is 5.82 Å². The fourth-order valence-electron chi connectivity index (χ4n) is 1.86.